The normalized spacial score (nSPS) is 18.6. The Balaban J connectivity index is 2.16. The highest BCUT2D eigenvalue weighted by molar-refractivity contribution is 5.21. The van der Waals surface area contributed by atoms with Crippen molar-refractivity contribution in [3.8, 4) is 0 Å². The van der Waals surface area contributed by atoms with Gasteiger partial charge in [0.1, 0.15) is 11.6 Å². The maximum absolute atomic E-state index is 13.4. The van der Waals surface area contributed by atoms with Gasteiger partial charge in [0.15, 0.2) is 0 Å². The molecule has 1 saturated heterocycles. The van der Waals surface area contributed by atoms with Gasteiger partial charge in [0.2, 0.25) is 0 Å². The Morgan fingerprint density at radius 2 is 2.07 bits per heavy atom. The summed E-state index contributed by atoms with van der Waals surface area (Å²) in [5, 5.41) is 0. The molecule has 0 bridgehead atoms. The monoisotopic (exact) mass is 213 g/mol. The van der Waals surface area contributed by atoms with Crippen LogP contribution in [-0.4, -0.2) is 19.8 Å². The Kier molecular flexibility index (Phi) is 2.71. The molecule has 0 aliphatic carbocycles. The second-order valence-electron chi connectivity index (χ2n) is 4.11. The summed E-state index contributed by atoms with van der Waals surface area (Å²) < 4.78 is 31.1. The van der Waals surface area contributed by atoms with Gasteiger partial charge in [0, 0.05) is 18.0 Å². The van der Waals surface area contributed by atoms with Crippen LogP contribution in [0.1, 0.15) is 5.56 Å². The van der Waals surface area contributed by atoms with E-state index in [1.54, 1.807) is 0 Å². The zero-order valence-electron chi connectivity index (χ0n) is 8.30. The molecule has 0 radical (unpaired) electrons. The lowest BCUT2D eigenvalue weighted by atomic mass is 9.80. The SMILES string of the molecule is NCC1(Cc2ccc(F)cc2F)COC1. The Bertz CT molecular complexity index is 358. The van der Waals surface area contributed by atoms with E-state index in [0.29, 0.717) is 31.7 Å². The van der Waals surface area contributed by atoms with Crippen LogP contribution in [0, 0.1) is 17.0 Å². The quantitative estimate of drug-likeness (QED) is 0.825. The highest BCUT2D eigenvalue weighted by Crippen LogP contribution is 2.31. The summed E-state index contributed by atoms with van der Waals surface area (Å²) in [5.41, 5.74) is 5.97. The average Bonchev–Trinajstić information content (AvgIpc) is 2.14. The van der Waals surface area contributed by atoms with Crippen molar-refractivity contribution in [1.29, 1.82) is 0 Å². The molecule has 1 fully saturated rings. The fraction of sp³-hybridized carbons (Fsp3) is 0.455. The van der Waals surface area contributed by atoms with Crippen molar-refractivity contribution in [2.75, 3.05) is 19.8 Å². The van der Waals surface area contributed by atoms with Gasteiger partial charge in [-0.05, 0) is 18.1 Å². The summed E-state index contributed by atoms with van der Waals surface area (Å²) in [6, 6.07) is 3.64. The number of hydrogen-bond acceptors (Lipinski definition) is 2. The predicted molar refractivity (Wildman–Crippen MR) is 52.4 cm³/mol. The topological polar surface area (TPSA) is 35.2 Å². The number of hydrogen-bond donors (Lipinski definition) is 1. The first-order valence-corrected chi connectivity index (χ1v) is 4.87. The number of rotatable bonds is 3. The molecule has 1 aromatic carbocycles. The predicted octanol–water partition coefficient (Wildman–Crippen LogP) is 1.48. The van der Waals surface area contributed by atoms with Crippen LogP contribution in [0.3, 0.4) is 0 Å². The molecule has 0 amide bonds. The second kappa shape index (κ2) is 3.87. The number of nitrogens with two attached hydrogens (primary N) is 1. The van der Waals surface area contributed by atoms with Gasteiger partial charge in [0.05, 0.1) is 13.2 Å². The van der Waals surface area contributed by atoms with Crippen LogP contribution in [0.5, 0.6) is 0 Å². The first-order valence-electron chi connectivity index (χ1n) is 4.87. The van der Waals surface area contributed by atoms with Gasteiger partial charge in [-0.15, -0.1) is 0 Å². The van der Waals surface area contributed by atoms with Gasteiger partial charge in [-0.3, -0.25) is 0 Å². The number of ether oxygens (including phenoxy) is 1. The molecule has 0 spiro atoms. The molecule has 0 aromatic heterocycles. The summed E-state index contributed by atoms with van der Waals surface area (Å²) in [5.74, 6) is -1.06. The van der Waals surface area contributed by atoms with Crippen molar-refractivity contribution in [3.05, 3.63) is 35.4 Å². The summed E-state index contributed by atoms with van der Waals surface area (Å²) in [4.78, 5) is 0. The van der Waals surface area contributed by atoms with Crippen molar-refractivity contribution < 1.29 is 13.5 Å². The molecule has 0 atom stereocenters. The molecular formula is C11H13F2NO. The van der Waals surface area contributed by atoms with Crippen LogP contribution in [-0.2, 0) is 11.2 Å². The molecule has 1 heterocycles. The van der Waals surface area contributed by atoms with Crippen LogP contribution in [0.15, 0.2) is 18.2 Å². The first-order chi connectivity index (χ1) is 7.15. The highest BCUT2D eigenvalue weighted by atomic mass is 19.1. The van der Waals surface area contributed by atoms with Crippen LogP contribution >= 0.6 is 0 Å². The Labute approximate surface area is 87.0 Å². The molecule has 1 aromatic rings. The molecule has 82 valence electrons. The van der Waals surface area contributed by atoms with Gasteiger partial charge < -0.3 is 10.5 Å². The molecule has 0 unspecified atom stereocenters. The van der Waals surface area contributed by atoms with E-state index < -0.39 is 11.6 Å². The first kappa shape index (κ1) is 10.5. The highest BCUT2D eigenvalue weighted by Gasteiger charge is 2.37. The van der Waals surface area contributed by atoms with Gasteiger partial charge >= 0.3 is 0 Å². The van der Waals surface area contributed by atoms with Crippen molar-refractivity contribution in [2.45, 2.75) is 6.42 Å². The minimum absolute atomic E-state index is 0.154. The van der Waals surface area contributed by atoms with E-state index in [-0.39, 0.29) is 5.41 Å². The smallest absolute Gasteiger partial charge is 0.129 e. The zero-order chi connectivity index (χ0) is 10.9. The third-order valence-electron chi connectivity index (χ3n) is 2.83. The molecule has 1 aliphatic rings. The van der Waals surface area contributed by atoms with E-state index >= 15 is 0 Å². The van der Waals surface area contributed by atoms with E-state index in [4.69, 9.17) is 10.5 Å². The lowest BCUT2D eigenvalue weighted by Gasteiger charge is -2.40. The fourth-order valence-electron chi connectivity index (χ4n) is 1.75. The van der Waals surface area contributed by atoms with Gasteiger partial charge in [-0.2, -0.15) is 0 Å². The second-order valence-corrected chi connectivity index (χ2v) is 4.11. The molecular weight excluding hydrogens is 200 g/mol. The van der Waals surface area contributed by atoms with E-state index in [1.165, 1.54) is 12.1 Å². The van der Waals surface area contributed by atoms with Crippen molar-refractivity contribution in [2.24, 2.45) is 11.1 Å². The van der Waals surface area contributed by atoms with Crippen LogP contribution in [0.2, 0.25) is 0 Å². The third-order valence-corrected chi connectivity index (χ3v) is 2.83. The van der Waals surface area contributed by atoms with E-state index in [0.717, 1.165) is 6.07 Å². The summed E-state index contributed by atoms with van der Waals surface area (Å²) in [6.07, 6.45) is 0.510. The minimum atomic E-state index is -0.553. The van der Waals surface area contributed by atoms with E-state index in [1.807, 2.05) is 0 Å². The minimum Gasteiger partial charge on any atom is -0.380 e. The molecule has 4 heteroatoms. The third kappa shape index (κ3) is 2.01. The van der Waals surface area contributed by atoms with Crippen molar-refractivity contribution in [3.63, 3.8) is 0 Å². The average molecular weight is 213 g/mol. The molecule has 0 saturated carbocycles. The molecule has 2 N–H and O–H groups in total. The summed E-state index contributed by atoms with van der Waals surface area (Å²) in [6.45, 7) is 1.57. The number of halogens is 2. The van der Waals surface area contributed by atoms with Crippen LogP contribution < -0.4 is 5.73 Å². The Morgan fingerprint density at radius 3 is 2.53 bits per heavy atom. The lowest BCUT2D eigenvalue weighted by Crippen LogP contribution is -2.49. The Morgan fingerprint density at radius 1 is 1.33 bits per heavy atom. The standard InChI is InChI=1S/C11H13F2NO/c12-9-2-1-8(10(13)3-9)4-11(5-14)6-15-7-11/h1-3H,4-7,14H2. The molecule has 15 heavy (non-hydrogen) atoms. The molecule has 1 aliphatic heterocycles. The van der Waals surface area contributed by atoms with Gasteiger partial charge in [-0.1, -0.05) is 6.07 Å². The zero-order valence-corrected chi connectivity index (χ0v) is 8.30. The maximum Gasteiger partial charge on any atom is 0.129 e. The van der Waals surface area contributed by atoms with E-state index in [2.05, 4.69) is 0 Å². The van der Waals surface area contributed by atoms with Crippen LogP contribution in [0.25, 0.3) is 0 Å². The summed E-state index contributed by atoms with van der Waals surface area (Å²) >= 11 is 0. The largest absolute Gasteiger partial charge is 0.380 e. The number of benzene rings is 1. The van der Waals surface area contributed by atoms with Crippen molar-refractivity contribution >= 4 is 0 Å². The van der Waals surface area contributed by atoms with Gasteiger partial charge in [-0.25, -0.2) is 8.78 Å². The summed E-state index contributed by atoms with van der Waals surface area (Å²) in [7, 11) is 0. The molecule has 2 rings (SSSR count). The molecule has 2 nitrogen and oxygen atoms in total. The Hall–Kier alpha value is -1.00. The fourth-order valence-corrected chi connectivity index (χ4v) is 1.75. The van der Waals surface area contributed by atoms with Gasteiger partial charge in [0.25, 0.3) is 0 Å². The maximum atomic E-state index is 13.4. The van der Waals surface area contributed by atoms with E-state index in [9.17, 15) is 8.78 Å². The van der Waals surface area contributed by atoms with Crippen molar-refractivity contribution in [1.82, 2.24) is 0 Å². The lowest BCUT2D eigenvalue weighted by molar-refractivity contribution is -0.106. The van der Waals surface area contributed by atoms with Crippen LogP contribution in [0.4, 0.5) is 8.78 Å².